The van der Waals surface area contributed by atoms with E-state index in [4.69, 9.17) is 0 Å². The molecular formula is C8H16F3NS. The van der Waals surface area contributed by atoms with Crippen LogP contribution in [-0.4, -0.2) is 29.8 Å². The highest BCUT2D eigenvalue weighted by Crippen LogP contribution is 2.21. The van der Waals surface area contributed by atoms with E-state index >= 15 is 0 Å². The van der Waals surface area contributed by atoms with Gasteiger partial charge in [-0.25, -0.2) is 0 Å². The quantitative estimate of drug-likeness (QED) is 0.648. The fraction of sp³-hybridized carbons (Fsp3) is 1.00. The second kappa shape index (κ2) is 5.75. The second-order valence-electron chi connectivity index (χ2n) is 3.33. The van der Waals surface area contributed by atoms with Gasteiger partial charge in [0, 0.05) is 13.1 Å². The van der Waals surface area contributed by atoms with Crippen LogP contribution in [-0.2, 0) is 0 Å². The maximum absolute atomic E-state index is 11.9. The Morgan fingerprint density at radius 2 is 1.85 bits per heavy atom. The smallest absolute Gasteiger partial charge is 0.250 e. The SMILES string of the molecule is CSN(CCC(F)(F)F)CC(C)C. The van der Waals surface area contributed by atoms with Gasteiger partial charge >= 0.3 is 6.18 Å². The minimum Gasteiger partial charge on any atom is -0.250 e. The molecule has 0 saturated heterocycles. The number of nitrogens with zero attached hydrogens (tertiary/aromatic N) is 1. The zero-order valence-corrected chi connectivity index (χ0v) is 9.00. The summed E-state index contributed by atoms with van der Waals surface area (Å²) < 4.78 is 37.3. The van der Waals surface area contributed by atoms with Crippen molar-refractivity contribution in [3.05, 3.63) is 0 Å². The molecule has 0 unspecified atom stereocenters. The van der Waals surface area contributed by atoms with Crippen molar-refractivity contribution in [3.8, 4) is 0 Å². The van der Waals surface area contributed by atoms with Gasteiger partial charge in [0.25, 0.3) is 0 Å². The highest BCUT2D eigenvalue weighted by molar-refractivity contribution is 7.96. The Kier molecular flexibility index (Phi) is 5.80. The van der Waals surface area contributed by atoms with E-state index in [1.807, 2.05) is 13.8 Å². The Hall–Kier alpha value is 0.100. The summed E-state index contributed by atoms with van der Waals surface area (Å²) in [6.45, 7) is 4.79. The molecule has 0 fully saturated rings. The van der Waals surface area contributed by atoms with Crippen LogP contribution in [0, 0.1) is 5.92 Å². The molecule has 0 aromatic rings. The summed E-state index contributed by atoms with van der Waals surface area (Å²) in [6, 6.07) is 0. The summed E-state index contributed by atoms with van der Waals surface area (Å²) in [5.41, 5.74) is 0. The monoisotopic (exact) mass is 215 g/mol. The first kappa shape index (κ1) is 13.1. The minimum atomic E-state index is -4.04. The van der Waals surface area contributed by atoms with Gasteiger partial charge in [0.1, 0.15) is 0 Å². The maximum atomic E-state index is 11.9. The normalized spacial score (nSPS) is 12.9. The average molecular weight is 215 g/mol. The van der Waals surface area contributed by atoms with Crippen molar-refractivity contribution in [2.75, 3.05) is 19.3 Å². The fourth-order valence-corrected chi connectivity index (χ4v) is 1.64. The van der Waals surface area contributed by atoms with Gasteiger partial charge in [-0.2, -0.15) is 13.2 Å². The lowest BCUT2D eigenvalue weighted by atomic mass is 10.2. The summed E-state index contributed by atoms with van der Waals surface area (Å²) in [5.74, 6) is 0.403. The van der Waals surface area contributed by atoms with Crippen LogP contribution in [0.2, 0.25) is 0 Å². The van der Waals surface area contributed by atoms with Crippen molar-refractivity contribution in [2.45, 2.75) is 26.4 Å². The largest absolute Gasteiger partial charge is 0.390 e. The van der Waals surface area contributed by atoms with Gasteiger partial charge in [-0.1, -0.05) is 25.8 Å². The molecular weight excluding hydrogens is 199 g/mol. The molecule has 0 amide bonds. The van der Waals surface area contributed by atoms with Crippen molar-refractivity contribution < 1.29 is 13.2 Å². The third kappa shape index (κ3) is 8.43. The van der Waals surface area contributed by atoms with Crippen LogP contribution in [0.5, 0.6) is 0 Å². The average Bonchev–Trinajstić information content (AvgIpc) is 1.95. The van der Waals surface area contributed by atoms with E-state index in [1.165, 1.54) is 11.9 Å². The van der Waals surface area contributed by atoms with Gasteiger partial charge in [-0.05, 0) is 12.2 Å². The van der Waals surface area contributed by atoms with Crippen molar-refractivity contribution in [1.29, 1.82) is 0 Å². The third-order valence-corrected chi connectivity index (χ3v) is 2.32. The molecule has 0 saturated carbocycles. The molecule has 0 N–H and O–H groups in total. The van der Waals surface area contributed by atoms with E-state index in [9.17, 15) is 13.2 Å². The molecule has 0 radical (unpaired) electrons. The molecule has 5 heteroatoms. The summed E-state index contributed by atoms with van der Waals surface area (Å²) >= 11 is 1.37. The molecule has 0 bridgehead atoms. The van der Waals surface area contributed by atoms with Gasteiger partial charge in [-0.15, -0.1) is 0 Å². The second-order valence-corrected chi connectivity index (χ2v) is 4.21. The van der Waals surface area contributed by atoms with Crippen LogP contribution in [0.3, 0.4) is 0 Å². The number of rotatable bonds is 5. The predicted molar refractivity (Wildman–Crippen MR) is 50.6 cm³/mol. The molecule has 1 nitrogen and oxygen atoms in total. The highest BCUT2D eigenvalue weighted by atomic mass is 32.2. The van der Waals surface area contributed by atoms with E-state index in [2.05, 4.69) is 0 Å². The van der Waals surface area contributed by atoms with E-state index in [0.717, 1.165) is 0 Å². The molecule has 0 spiro atoms. The Morgan fingerprint density at radius 3 is 2.15 bits per heavy atom. The highest BCUT2D eigenvalue weighted by Gasteiger charge is 2.27. The molecule has 0 atom stereocenters. The number of alkyl halides is 3. The van der Waals surface area contributed by atoms with Crippen LogP contribution in [0.15, 0.2) is 0 Å². The Labute approximate surface area is 81.8 Å². The van der Waals surface area contributed by atoms with Crippen molar-refractivity contribution >= 4 is 11.9 Å². The molecule has 0 aromatic heterocycles. The van der Waals surface area contributed by atoms with Gasteiger partial charge < -0.3 is 0 Å². The molecule has 0 rings (SSSR count). The lowest BCUT2D eigenvalue weighted by Crippen LogP contribution is -2.25. The van der Waals surface area contributed by atoms with E-state index in [1.54, 1.807) is 10.6 Å². The van der Waals surface area contributed by atoms with Crippen LogP contribution in [0.25, 0.3) is 0 Å². The van der Waals surface area contributed by atoms with Crippen LogP contribution in [0.4, 0.5) is 13.2 Å². The van der Waals surface area contributed by atoms with E-state index < -0.39 is 12.6 Å². The summed E-state index contributed by atoms with van der Waals surface area (Å²) in [7, 11) is 0. The first-order valence-corrected chi connectivity index (χ1v) is 5.39. The fourth-order valence-electron chi connectivity index (χ4n) is 0.916. The lowest BCUT2D eigenvalue weighted by molar-refractivity contribution is -0.135. The van der Waals surface area contributed by atoms with Gasteiger partial charge in [0.05, 0.1) is 6.42 Å². The number of hydrogen-bond acceptors (Lipinski definition) is 2. The molecule has 0 aromatic carbocycles. The number of halogens is 3. The predicted octanol–water partition coefficient (Wildman–Crippen LogP) is 3.17. The zero-order valence-electron chi connectivity index (χ0n) is 8.19. The molecule has 0 heterocycles. The Balaban J connectivity index is 3.72. The van der Waals surface area contributed by atoms with Gasteiger partial charge in [-0.3, -0.25) is 4.31 Å². The van der Waals surface area contributed by atoms with Crippen LogP contribution < -0.4 is 0 Å². The molecule has 80 valence electrons. The Bertz CT molecular complexity index is 136. The third-order valence-electron chi connectivity index (χ3n) is 1.47. The minimum absolute atomic E-state index is 0.0862. The van der Waals surface area contributed by atoms with E-state index in [-0.39, 0.29) is 6.54 Å². The van der Waals surface area contributed by atoms with Crippen molar-refractivity contribution in [1.82, 2.24) is 4.31 Å². The first-order valence-electron chi connectivity index (χ1n) is 4.21. The summed E-state index contributed by atoms with van der Waals surface area (Å²) in [5, 5.41) is 0. The summed E-state index contributed by atoms with van der Waals surface area (Å²) in [6.07, 6.45) is -2.95. The van der Waals surface area contributed by atoms with E-state index in [0.29, 0.717) is 12.5 Å². The van der Waals surface area contributed by atoms with Crippen LogP contribution >= 0.6 is 11.9 Å². The summed E-state index contributed by atoms with van der Waals surface area (Å²) in [4.78, 5) is 0. The lowest BCUT2D eigenvalue weighted by Gasteiger charge is -2.21. The van der Waals surface area contributed by atoms with Crippen molar-refractivity contribution in [2.24, 2.45) is 5.92 Å². The molecule has 0 aliphatic carbocycles. The van der Waals surface area contributed by atoms with Crippen molar-refractivity contribution in [3.63, 3.8) is 0 Å². The first-order chi connectivity index (χ1) is 5.85. The van der Waals surface area contributed by atoms with Gasteiger partial charge in [0.2, 0.25) is 0 Å². The zero-order chi connectivity index (χ0) is 10.5. The standard InChI is InChI=1S/C8H16F3NS/c1-7(2)6-12(13-3)5-4-8(9,10)11/h7H,4-6H2,1-3H3. The van der Waals surface area contributed by atoms with Gasteiger partial charge in [0.15, 0.2) is 0 Å². The maximum Gasteiger partial charge on any atom is 0.390 e. The molecule has 0 aliphatic rings. The molecule has 13 heavy (non-hydrogen) atoms. The number of hydrogen-bond donors (Lipinski definition) is 0. The Morgan fingerprint density at radius 1 is 1.31 bits per heavy atom. The molecule has 0 aliphatic heterocycles. The topological polar surface area (TPSA) is 3.24 Å². The van der Waals surface area contributed by atoms with Crippen LogP contribution in [0.1, 0.15) is 20.3 Å².